The second-order valence-electron chi connectivity index (χ2n) is 4.95. The molecule has 0 spiro atoms. The molecular weight excluding hydrogens is 258 g/mol. The van der Waals surface area contributed by atoms with Crippen LogP contribution in [0.3, 0.4) is 0 Å². The van der Waals surface area contributed by atoms with E-state index in [2.05, 4.69) is 0 Å². The highest BCUT2D eigenvalue weighted by molar-refractivity contribution is 5.67. The number of likely N-dealkylation sites (tertiary alicyclic amines) is 1. The molecule has 5 heteroatoms. The fourth-order valence-corrected chi connectivity index (χ4v) is 2.33. The zero-order valence-electron chi connectivity index (χ0n) is 11.7. The van der Waals surface area contributed by atoms with Gasteiger partial charge < -0.3 is 19.5 Å². The van der Waals surface area contributed by atoms with Crippen LogP contribution in [0.4, 0.5) is 4.79 Å². The summed E-state index contributed by atoms with van der Waals surface area (Å²) in [7, 11) is 1.58. The molecule has 1 aliphatic heterocycles. The average molecular weight is 279 g/mol. The first kappa shape index (κ1) is 14.8. The Bertz CT molecular complexity index is 423. The monoisotopic (exact) mass is 279 g/mol. The van der Waals surface area contributed by atoms with Crippen molar-refractivity contribution in [1.29, 1.82) is 0 Å². The zero-order valence-corrected chi connectivity index (χ0v) is 11.7. The van der Waals surface area contributed by atoms with Crippen molar-refractivity contribution in [2.24, 2.45) is 0 Å². The number of benzene rings is 1. The topological polar surface area (TPSA) is 59.0 Å². The van der Waals surface area contributed by atoms with Gasteiger partial charge in [-0.25, -0.2) is 4.79 Å². The van der Waals surface area contributed by atoms with Gasteiger partial charge in [0.2, 0.25) is 0 Å². The highest BCUT2D eigenvalue weighted by atomic mass is 16.6. The Labute approximate surface area is 119 Å². The molecule has 1 heterocycles. The van der Waals surface area contributed by atoms with E-state index in [4.69, 9.17) is 9.47 Å². The standard InChI is InChI=1S/C15H21NO4/c1-19-14-8-10-16(9-7-13(14)17)15(18)20-11-12-5-3-2-4-6-12/h2-6,13-14,17H,7-11H2,1H3/t13-,14-/m0/s1. The number of carbonyl (C=O) groups excluding carboxylic acids is 1. The normalized spacial score (nSPS) is 23.2. The Morgan fingerprint density at radius 2 is 2.00 bits per heavy atom. The van der Waals surface area contributed by atoms with E-state index in [9.17, 15) is 9.90 Å². The third kappa shape index (κ3) is 3.95. The van der Waals surface area contributed by atoms with Crippen LogP contribution < -0.4 is 0 Å². The van der Waals surface area contributed by atoms with Gasteiger partial charge in [0.15, 0.2) is 0 Å². The number of nitrogens with zero attached hydrogens (tertiary/aromatic N) is 1. The lowest BCUT2D eigenvalue weighted by Crippen LogP contribution is -2.32. The summed E-state index contributed by atoms with van der Waals surface area (Å²) in [5.74, 6) is 0. The first-order valence-corrected chi connectivity index (χ1v) is 6.87. The van der Waals surface area contributed by atoms with Crippen molar-refractivity contribution >= 4 is 6.09 Å². The summed E-state index contributed by atoms with van der Waals surface area (Å²) < 4.78 is 10.5. The lowest BCUT2D eigenvalue weighted by Gasteiger charge is -2.19. The summed E-state index contributed by atoms with van der Waals surface area (Å²) in [6.45, 7) is 1.31. The van der Waals surface area contributed by atoms with Gasteiger partial charge in [-0.15, -0.1) is 0 Å². The summed E-state index contributed by atoms with van der Waals surface area (Å²) in [4.78, 5) is 13.6. The van der Waals surface area contributed by atoms with Crippen molar-refractivity contribution in [1.82, 2.24) is 4.90 Å². The van der Waals surface area contributed by atoms with Crippen LogP contribution in [0, 0.1) is 0 Å². The van der Waals surface area contributed by atoms with Crippen LogP contribution in [0.15, 0.2) is 30.3 Å². The Morgan fingerprint density at radius 3 is 2.70 bits per heavy atom. The Balaban J connectivity index is 1.83. The number of ether oxygens (including phenoxy) is 2. The maximum atomic E-state index is 12.0. The molecule has 0 aliphatic carbocycles. The van der Waals surface area contributed by atoms with Crippen molar-refractivity contribution in [2.45, 2.75) is 31.7 Å². The van der Waals surface area contributed by atoms with Crippen LogP contribution in [-0.2, 0) is 16.1 Å². The van der Waals surface area contributed by atoms with Crippen molar-refractivity contribution in [3.63, 3.8) is 0 Å². The molecule has 0 saturated carbocycles. The number of methoxy groups -OCH3 is 1. The van der Waals surface area contributed by atoms with Crippen LogP contribution in [0.25, 0.3) is 0 Å². The van der Waals surface area contributed by atoms with E-state index < -0.39 is 6.10 Å². The lowest BCUT2D eigenvalue weighted by atomic mass is 10.1. The SMILES string of the molecule is CO[C@H]1CCN(C(=O)OCc2ccccc2)CC[C@@H]1O. The minimum Gasteiger partial charge on any atom is -0.445 e. The predicted molar refractivity (Wildman–Crippen MR) is 74.2 cm³/mol. The largest absolute Gasteiger partial charge is 0.445 e. The van der Waals surface area contributed by atoms with Gasteiger partial charge in [0, 0.05) is 20.2 Å². The van der Waals surface area contributed by atoms with Gasteiger partial charge in [-0.1, -0.05) is 30.3 Å². The fraction of sp³-hybridized carbons (Fsp3) is 0.533. The fourth-order valence-electron chi connectivity index (χ4n) is 2.33. The summed E-state index contributed by atoms with van der Waals surface area (Å²) in [6.07, 6.45) is 0.0727. The summed E-state index contributed by atoms with van der Waals surface area (Å²) in [6, 6.07) is 9.58. The molecule has 1 saturated heterocycles. The van der Waals surface area contributed by atoms with Gasteiger partial charge in [0.25, 0.3) is 0 Å². The molecule has 110 valence electrons. The first-order valence-electron chi connectivity index (χ1n) is 6.87. The third-order valence-corrected chi connectivity index (χ3v) is 3.57. The van der Waals surface area contributed by atoms with Gasteiger partial charge in [0.05, 0.1) is 12.2 Å². The number of carbonyl (C=O) groups is 1. The van der Waals surface area contributed by atoms with E-state index in [1.807, 2.05) is 30.3 Å². The molecule has 0 unspecified atom stereocenters. The molecule has 2 rings (SSSR count). The Hall–Kier alpha value is -1.59. The van der Waals surface area contributed by atoms with Crippen molar-refractivity contribution in [2.75, 3.05) is 20.2 Å². The van der Waals surface area contributed by atoms with E-state index in [1.54, 1.807) is 12.0 Å². The maximum Gasteiger partial charge on any atom is 0.410 e. The molecule has 1 aliphatic rings. The van der Waals surface area contributed by atoms with E-state index in [1.165, 1.54) is 0 Å². The third-order valence-electron chi connectivity index (χ3n) is 3.57. The molecule has 1 aromatic rings. The highest BCUT2D eigenvalue weighted by Gasteiger charge is 2.27. The highest BCUT2D eigenvalue weighted by Crippen LogP contribution is 2.15. The number of rotatable bonds is 3. The van der Waals surface area contributed by atoms with Crippen molar-refractivity contribution < 1.29 is 19.4 Å². The van der Waals surface area contributed by atoms with E-state index >= 15 is 0 Å². The smallest absolute Gasteiger partial charge is 0.410 e. The molecule has 2 atom stereocenters. The average Bonchev–Trinajstić information content (AvgIpc) is 2.67. The van der Waals surface area contributed by atoms with Gasteiger partial charge in [-0.05, 0) is 18.4 Å². The molecule has 0 aromatic heterocycles. The van der Waals surface area contributed by atoms with Crippen LogP contribution in [0.2, 0.25) is 0 Å². The predicted octanol–water partition coefficient (Wildman–Crippen LogP) is 1.79. The molecule has 1 N–H and O–H groups in total. The van der Waals surface area contributed by atoms with Crippen LogP contribution in [-0.4, -0.2) is 48.5 Å². The van der Waals surface area contributed by atoms with Gasteiger partial charge in [-0.2, -0.15) is 0 Å². The molecule has 0 radical (unpaired) electrons. The number of aliphatic hydroxyl groups is 1. The number of hydrogen-bond donors (Lipinski definition) is 1. The maximum absolute atomic E-state index is 12.0. The Morgan fingerprint density at radius 1 is 1.30 bits per heavy atom. The number of hydrogen-bond acceptors (Lipinski definition) is 4. The van der Waals surface area contributed by atoms with Gasteiger partial charge >= 0.3 is 6.09 Å². The molecule has 5 nitrogen and oxygen atoms in total. The Kier molecular flexibility index (Phi) is 5.38. The molecule has 20 heavy (non-hydrogen) atoms. The molecule has 1 fully saturated rings. The minimum absolute atomic E-state index is 0.207. The quantitative estimate of drug-likeness (QED) is 0.916. The number of amides is 1. The summed E-state index contributed by atoms with van der Waals surface area (Å²) in [5.41, 5.74) is 0.963. The molecular formula is C15H21NO4. The van der Waals surface area contributed by atoms with Gasteiger partial charge in [0.1, 0.15) is 6.61 Å². The molecule has 1 aromatic carbocycles. The zero-order chi connectivity index (χ0) is 14.4. The van der Waals surface area contributed by atoms with Crippen molar-refractivity contribution in [3.8, 4) is 0 Å². The second-order valence-corrected chi connectivity index (χ2v) is 4.95. The lowest BCUT2D eigenvalue weighted by molar-refractivity contribution is -0.0122. The minimum atomic E-state index is -0.521. The summed E-state index contributed by atoms with van der Waals surface area (Å²) in [5, 5.41) is 9.85. The molecule has 0 bridgehead atoms. The van der Waals surface area contributed by atoms with Crippen LogP contribution in [0.5, 0.6) is 0 Å². The second kappa shape index (κ2) is 7.26. The van der Waals surface area contributed by atoms with Crippen LogP contribution in [0.1, 0.15) is 18.4 Å². The van der Waals surface area contributed by atoms with Gasteiger partial charge in [-0.3, -0.25) is 0 Å². The summed E-state index contributed by atoms with van der Waals surface area (Å²) >= 11 is 0. The number of aliphatic hydroxyl groups excluding tert-OH is 1. The van der Waals surface area contributed by atoms with E-state index in [0.29, 0.717) is 25.9 Å². The van der Waals surface area contributed by atoms with Crippen molar-refractivity contribution in [3.05, 3.63) is 35.9 Å². The molecule has 1 amide bonds. The first-order chi connectivity index (χ1) is 9.70. The van der Waals surface area contributed by atoms with E-state index in [0.717, 1.165) is 5.56 Å². The van der Waals surface area contributed by atoms with E-state index in [-0.39, 0.29) is 18.8 Å². The van der Waals surface area contributed by atoms with Crippen LogP contribution >= 0.6 is 0 Å².